The number of rotatable bonds is 4. The average molecular weight is 390 g/mol. The first-order valence-electron chi connectivity index (χ1n) is 5.89. The SMILES string of the molecule is CNCC1CCCN1S(=O)(=O)c1cc(Br)sc1C.Cl. The molecule has 0 bridgehead atoms. The number of likely N-dealkylation sites (N-methyl/N-ethyl adjacent to an activating group) is 1. The highest BCUT2D eigenvalue weighted by Crippen LogP contribution is 2.34. The topological polar surface area (TPSA) is 49.4 Å². The third-order valence-corrected chi connectivity index (χ3v) is 6.95. The Hall–Kier alpha value is 0.340. The second-order valence-electron chi connectivity index (χ2n) is 4.44. The van der Waals surface area contributed by atoms with E-state index in [0.717, 1.165) is 21.5 Å². The van der Waals surface area contributed by atoms with Gasteiger partial charge in [-0.3, -0.25) is 0 Å². The first kappa shape index (κ1) is 17.4. The molecule has 0 spiro atoms. The second kappa shape index (κ2) is 6.87. The zero-order valence-corrected chi connectivity index (χ0v) is 14.9. The van der Waals surface area contributed by atoms with Gasteiger partial charge in [-0.05, 0) is 48.8 Å². The van der Waals surface area contributed by atoms with Crippen LogP contribution in [0.25, 0.3) is 0 Å². The molecule has 1 fully saturated rings. The molecule has 2 heterocycles. The van der Waals surface area contributed by atoms with Crippen molar-refractivity contribution in [1.82, 2.24) is 9.62 Å². The Labute approximate surface area is 133 Å². The van der Waals surface area contributed by atoms with Gasteiger partial charge >= 0.3 is 0 Å². The Kier molecular flexibility index (Phi) is 6.28. The maximum atomic E-state index is 12.6. The molecule has 1 saturated heterocycles. The fourth-order valence-corrected chi connectivity index (χ4v) is 6.46. The summed E-state index contributed by atoms with van der Waals surface area (Å²) in [6.45, 7) is 3.19. The first-order valence-corrected chi connectivity index (χ1v) is 8.94. The van der Waals surface area contributed by atoms with E-state index in [1.807, 2.05) is 14.0 Å². The van der Waals surface area contributed by atoms with Gasteiger partial charge in [0.1, 0.15) is 0 Å². The van der Waals surface area contributed by atoms with Gasteiger partial charge in [0, 0.05) is 24.0 Å². The average Bonchev–Trinajstić information content (AvgIpc) is 2.86. The van der Waals surface area contributed by atoms with E-state index in [9.17, 15) is 8.42 Å². The summed E-state index contributed by atoms with van der Waals surface area (Å²) in [7, 11) is -1.49. The van der Waals surface area contributed by atoms with Crippen molar-refractivity contribution in [3.63, 3.8) is 0 Å². The van der Waals surface area contributed by atoms with Crippen molar-refractivity contribution in [3.8, 4) is 0 Å². The summed E-state index contributed by atoms with van der Waals surface area (Å²) in [5, 5.41) is 3.07. The molecule has 4 nitrogen and oxygen atoms in total. The summed E-state index contributed by atoms with van der Waals surface area (Å²) in [6.07, 6.45) is 1.88. The van der Waals surface area contributed by atoms with E-state index < -0.39 is 10.0 Å². The van der Waals surface area contributed by atoms with Crippen LogP contribution in [0.1, 0.15) is 17.7 Å². The molecule has 0 saturated carbocycles. The van der Waals surface area contributed by atoms with Gasteiger partial charge in [0.25, 0.3) is 0 Å². The summed E-state index contributed by atoms with van der Waals surface area (Å²) in [4.78, 5) is 1.29. The van der Waals surface area contributed by atoms with Gasteiger partial charge in [-0.1, -0.05) is 0 Å². The number of hydrogen-bond donors (Lipinski definition) is 1. The molecule has 0 radical (unpaired) electrons. The van der Waals surface area contributed by atoms with Crippen LogP contribution in [0.3, 0.4) is 0 Å². The number of halogens is 2. The molecule has 19 heavy (non-hydrogen) atoms. The highest BCUT2D eigenvalue weighted by atomic mass is 79.9. The highest BCUT2D eigenvalue weighted by Gasteiger charge is 2.36. The van der Waals surface area contributed by atoms with Crippen LogP contribution in [0.4, 0.5) is 0 Å². The number of nitrogens with zero attached hydrogens (tertiary/aromatic N) is 1. The van der Waals surface area contributed by atoms with Crippen LogP contribution >= 0.6 is 39.7 Å². The monoisotopic (exact) mass is 388 g/mol. The Bertz CT molecular complexity index is 533. The number of nitrogens with one attached hydrogen (secondary N) is 1. The third kappa shape index (κ3) is 3.51. The Morgan fingerprint density at radius 3 is 2.79 bits per heavy atom. The van der Waals surface area contributed by atoms with Gasteiger partial charge in [0.05, 0.1) is 8.68 Å². The van der Waals surface area contributed by atoms with Crippen LogP contribution in [-0.2, 0) is 10.0 Å². The zero-order chi connectivity index (χ0) is 13.3. The van der Waals surface area contributed by atoms with Crippen molar-refractivity contribution in [2.45, 2.75) is 30.7 Å². The first-order chi connectivity index (χ1) is 8.46. The fraction of sp³-hybridized carbons (Fsp3) is 0.636. The lowest BCUT2D eigenvalue weighted by atomic mass is 10.2. The van der Waals surface area contributed by atoms with E-state index in [0.29, 0.717) is 18.0 Å². The Morgan fingerprint density at radius 1 is 1.58 bits per heavy atom. The summed E-state index contributed by atoms with van der Waals surface area (Å²) in [5.74, 6) is 0. The number of thiophene rings is 1. The predicted octanol–water partition coefficient (Wildman–Crippen LogP) is 2.61. The molecule has 0 aromatic carbocycles. The largest absolute Gasteiger partial charge is 0.318 e. The number of hydrogen-bond acceptors (Lipinski definition) is 4. The van der Waals surface area contributed by atoms with Crippen LogP contribution in [0.2, 0.25) is 0 Å². The maximum absolute atomic E-state index is 12.6. The van der Waals surface area contributed by atoms with Crippen molar-refractivity contribution >= 4 is 49.7 Å². The van der Waals surface area contributed by atoms with Crippen molar-refractivity contribution in [2.75, 3.05) is 20.1 Å². The van der Waals surface area contributed by atoms with Crippen LogP contribution < -0.4 is 5.32 Å². The normalized spacial score (nSPS) is 20.5. The molecule has 110 valence electrons. The Morgan fingerprint density at radius 2 is 2.26 bits per heavy atom. The van der Waals surface area contributed by atoms with Crippen molar-refractivity contribution in [2.24, 2.45) is 0 Å². The fourth-order valence-electron chi connectivity index (χ4n) is 2.38. The van der Waals surface area contributed by atoms with Crippen molar-refractivity contribution in [3.05, 3.63) is 14.7 Å². The summed E-state index contributed by atoms with van der Waals surface area (Å²) >= 11 is 4.82. The van der Waals surface area contributed by atoms with Gasteiger partial charge in [-0.15, -0.1) is 23.7 Å². The molecule has 1 aromatic heterocycles. The minimum absolute atomic E-state index is 0. The van der Waals surface area contributed by atoms with Gasteiger partial charge in [0.15, 0.2) is 0 Å². The minimum atomic E-state index is -3.35. The van der Waals surface area contributed by atoms with Crippen molar-refractivity contribution < 1.29 is 8.42 Å². The van der Waals surface area contributed by atoms with Gasteiger partial charge < -0.3 is 5.32 Å². The third-order valence-electron chi connectivity index (χ3n) is 3.19. The zero-order valence-electron chi connectivity index (χ0n) is 10.8. The lowest BCUT2D eigenvalue weighted by molar-refractivity contribution is 0.379. The summed E-state index contributed by atoms with van der Waals surface area (Å²) in [5.41, 5.74) is 0. The van der Waals surface area contributed by atoms with Crippen LogP contribution in [0.15, 0.2) is 14.7 Å². The van der Waals surface area contributed by atoms with E-state index >= 15 is 0 Å². The molecular formula is C11H18BrClN2O2S2. The smallest absolute Gasteiger partial charge is 0.244 e. The second-order valence-corrected chi connectivity index (χ2v) is 8.93. The summed E-state index contributed by atoms with van der Waals surface area (Å²) in [6, 6.07) is 1.79. The predicted molar refractivity (Wildman–Crippen MR) is 84.8 cm³/mol. The van der Waals surface area contributed by atoms with Gasteiger partial charge in [-0.25, -0.2) is 8.42 Å². The molecule has 2 rings (SSSR count). The molecular weight excluding hydrogens is 372 g/mol. The van der Waals surface area contributed by atoms with Crippen LogP contribution in [0, 0.1) is 6.92 Å². The molecule has 8 heteroatoms. The van der Waals surface area contributed by atoms with Crippen LogP contribution in [0.5, 0.6) is 0 Å². The molecule has 1 aliphatic rings. The lowest BCUT2D eigenvalue weighted by Gasteiger charge is -2.23. The quantitative estimate of drug-likeness (QED) is 0.861. The molecule has 1 aliphatic heterocycles. The van der Waals surface area contributed by atoms with Gasteiger partial charge in [-0.2, -0.15) is 4.31 Å². The standard InChI is InChI=1S/C11H17BrN2O2S2.ClH/c1-8-10(6-11(12)17-8)18(15,16)14-5-3-4-9(14)7-13-2;/h6,9,13H,3-5,7H2,1-2H3;1H. The molecule has 1 N–H and O–H groups in total. The van der Waals surface area contributed by atoms with E-state index in [1.54, 1.807) is 10.4 Å². The molecule has 0 amide bonds. The van der Waals surface area contributed by atoms with E-state index in [4.69, 9.17) is 0 Å². The van der Waals surface area contributed by atoms with Gasteiger partial charge in [0.2, 0.25) is 10.0 Å². The van der Waals surface area contributed by atoms with E-state index in [-0.39, 0.29) is 18.4 Å². The molecule has 1 unspecified atom stereocenters. The Balaban J connectivity index is 0.00000180. The highest BCUT2D eigenvalue weighted by molar-refractivity contribution is 9.11. The van der Waals surface area contributed by atoms with E-state index in [1.165, 1.54) is 11.3 Å². The number of sulfonamides is 1. The molecule has 1 aromatic rings. The summed E-state index contributed by atoms with van der Waals surface area (Å²) < 4.78 is 27.8. The number of aryl methyl sites for hydroxylation is 1. The van der Waals surface area contributed by atoms with Crippen LogP contribution in [-0.4, -0.2) is 38.9 Å². The van der Waals surface area contributed by atoms with Crippen molar-refractivity contribution in [1.29, 1.82) is 0 Å². The molecule has 0 aliphatic carbocycles. The molecule has 1 atom stereocenters. The lowest BCUT2D eigenvalue weighted by Crippen LogP contribution is -2.40. The van der Waals surface area contributed by atoms with E-state index in [2.05, 4.69) is 21.2 Å². The minimum Gasteiger partial charge on any atom is -0.318 e. The maximum Gasteiger partial charge on any atom is 0.244 e.